The van der Waals surface area contributed by atoms with Crippen LogP contribution in [0.25, 0.3) is 23.0 Å². The first kappa shape index (κ1) is 21.1. The molecule has 4 heterocycles. The molecule has 3 aromatic heterocycles. The summed E-state index contributed by atoms with van der Waals surface area (Å²) in [5.74, 6) is 2.40. The number of hydrogen-bond donors (Lipinski definition) is 0. The highest BCUT2D eigenvalue weighted by atomic mass is 19.4. The van der Waals surface area contributed by atoms with Gasteiger partial charge in [0, 0.05) is 24.0 Å². The van der Waals surface area contributed by atoms with E-state index in [4.69, 9.17) is 4.98 Å². The zero-order valence-electron chi connectivity index (χ0n) is 18.2. The summed E-state index contributed by atoms with van der Waals surface area (Å²) in [6, 6.07) is 5.02. The van der Waals surface area contributed by atoms with Gasteiger partial charge < -0.3 is 4.90 Å². The van der Waals surface area contributed by atoms with Crippen LogP contribution in [0.5, 0.6) is 0 Å². The van der Waals surface area contributed by atoms with Crippen molar-refractivity contribution in [3.8, 4) is 23.0 Å². The fraction of sp³-hybridized carbons (Fsp3) is 0.318. The average molecular weight is 454 g/mol. The zero-order valence-corrected chi connectivity index (χ0v) is 18.2. The second kappa shape index (κ2) is 7.68. The molecule has 0 aliphatic carbocycles. The first-order valence-electron chi connectivity index (χ1n) is 10.6. The number of imidazole rings is 1. The van der Waals surface area contributed by atoms with Crippen molar-refractivity contribution in [2.24, 2.45) is 0 Å². The predicted molar refractivity (Wildman–Crippen MR) is 115 cm³/mol. The summed E-state index contributed by atoms with van der Waals surface area (Å²) >= 11 is 0. The molecule has 1 aliphatic rings. The maximum Gasteiger partial charge on any atom is 0.416 e. The standard InChI is InChI=1S/C22H21F3N8/c1-4-16-20-30-28-12-32(20)17-11-27-21(29-19(17)33(16)13(2)3)31-10-9-26-18(31)14-5-7-15(8-6-14)22(23,24)25/h5-13,16H,4H2,1-3H3/t16-/m1/s1. The highest BCUT2D eigenvalue weighted by Crippen LogP contribution is 2.39. The van der Waals surface area contributed by atoms with E-state index in [2.05, 4.69) is 45.8 Å². The number of halogens is 3. The molecule has 0 radical (unpaired) electrons. The molecule has 4 aromatic rings. The molecule has 33 heavy (non-hydrogen) atoms. The Kier molecular flexibility index (Phi) is 4.91. The highest BCUT2D eigenvalue weighted by molar-refractivity contribution is 5.64. The van der Waals surface area contributed by atoms with Crippen molar-refractivity contribution < 1.29 is 13.2 Å². The number of aromatic nitrogens is 7. The van der Waals surface area contributed by atoms with Crippen molar-refractivity contribution in [2.75, 3.05) is 4.90 Å². The lowest BCUT2D eigenvalue weighted by atomic mass is 10.1. The third kappa shape index (κ3) is 3.43. The van der Waals surface area contributed by atoms with Crippen molar-refractivity contribution >= 4 is 5.82 Å². The van der Waals surface area contributed by atoms with Gasteiger partial charge in [-0.3, -0.25) is 9.13 Å². The summed E-state index contributed by atoms with van der Waals surface area (Å²) in [7, 11) is 0. The van der Waals surface area contributed by atoms with Crippen LogP contribution in [0.15, 0.2) is 49.2 Å². The van der Waals surface area contributed by atoms with Crippen molar-refractivity contribution in [3.05, 3.63) is 60.6 Å². The molecular weight excluding hydrogens is 433 g/mol. The van der Waals surface area contributed by atoms with E-state index in [1.165, 1.54) is 12.1 Å². The number of hydrogen-bond acceptors (Lipinski definition) is 6. The summed E-state index contributed by atoms with van der Waals surface area (Å²) < 4.78 is 42.4. The average Bonchev–Trinajstić information content (AvgIpc) is 3.47. The van der Waals surface area contributed by atoms with Gasteiger partial charge in [-0.25, -0.2) is 9.97 Å². The molecule has 0 fully saturated rings. The van der Waals surface area contributed by atoms with Gasteiger partial charge in [-0.1, -0.05) is 19.1 Å². The molecule has 0 spiro atoms. The van der Waals surface area contributed by atoms with Gasteiger partial charge in [0.05, 0.1) is 17.8 Å². The van der Waals surface area contributed by atoms with Crippen LogP contribution in [-0.2, 0) is 6.18 Å². The second-order valence-corrected chi connectivity index (χ2v) is 8.06. The molecule has 0 bridgehead atoms. The number of nitrogens with zero attached hydrogens (tertiary/aromatic N) is 8. The van der Waals surface area contributed by atoms with E-state index in [9.17, 15) is 13.2 Å². The van der Waals surface area contributed by atoms with Crippen molar-refractivity contribution in [3.63, 3.8) is 0 Å². The van der Waals surface area contributed by atoms with Crippen molar-refractivity contribution in [2.45, 2.75) is 45.5 Å². The van der Waals surface area contributed by atoms with Crippen LogP contribution >= 0.6 is 0 Å². The molecule has 0 unspecified atom stereocenters. The predicted octanol–water partition coefficient (Wildman–Crippen LogP) is 4.61. The maximum absolute atomic E-state index is 13.0. The van der Waals surface area contributed by atoms with E-state index in [0.29, 0.717) is 17.3 Å². The Morgan fingerprint density at radius 3 is 2.48 bits per heavy atom. The Morgan fingerprint density at radius 1 is 1.06 bits per heavy atom. The lowest BCUT2D eigenvalue weighted by Crippen LogP contribution is -2.40. The number of rotatable bonds is 4. The lowest BCUT2D eigenvalue weighted by molar-refractivity contribution is -0.137. The summed E-state index contributed by atoms with van der Waals surface area (Å²) in [4.78, 5) is 15.9. The molecule has 1 atom stereocenters. The molecule has 8 nitrogen and oxygen atoms in total. The third-order valence-corrected chi connectivity index (χ3v) is 5.72. The van der Waals surface area contributed by atoms with Crippen LogP contribution in [0, 0.1) is 0 Å². The Labute approximate surface area is 187 Å². The van der Waals surface area contributed by atoms with Gasteiger partial charge in [0.1, 0.15) is 17.8 Å². The SMILES string of the molecule is CC[C@@H]1c2nncn2-c2cnc(-n3ccnc3-c3ccc(C(F)(F)F)cc3)nc2N1C(C)C. The maximum atomic E-state index is 13.0. The number of benzene rings is 1. The molecule has 1 aromatic carbocycles. The Hall–Kier alpha value is -3.76. The third-order valence-electron chi connectivity index (χ3n) is 5.72. The molecular formula is C22H21F3N8. The van der Waals surface area contributed by atoms with Crippen LogP contribution in [0.3, 0.4) is 0 Å². The number of fused-ring (bicyclic) bond motifs is 3. The second-order valence-electron chi connectivity index (χ2n) is 8.06. The first-order chi connectivity index (χ1) is 15.8. The topological polar surface area (TPSA) is 77.5 Å². The van der Waals surface area contributed by atoms with E-state index >= 15 is 0 Å². The minimum Gasteiger partial charge on any atom is -0.342 e. The van der Waals surface area contributed by atoms with Gasteiger partial charge in [0.15, 0.2) is 11.6 Å². The highest BCUT2D eigenvalue weighted by Gasteiger charge is 2.35. The van der Waals surface area contributed by atoms with Gasteiger partial charge in [-0.15, -0.1) is 10.2 Å². The smallest absolute Gasteiger partial charge is 0.342 e. The van der Waals surface area contributed by atoms with E-state index in [1.807, 2.05) is 4.57 Å². The summed E-state index contributed by atoms with van der Waals surface area (Å²) in [5, 5.41) is 8.39. The lowest BCUT2D eigenvalue weighted by Gasteiger charge is -2.39. The summed E-state index contributed by atoms with van der Waals surface area (Å²) in [6.07, 6.45) is 3.05. The Bertz CT molecular complexity index is 1290. The fourth-order valence-electron chi connectivity index (χ4n) is 4.23. The summed E-state index contributed by atoms with van der Waals surface area (Å²) in [5.41, 5.74) is 0.591. The van der Waals surface area contributed by atoms with Crippen LogP contribution < -0.4 is 4.90 Å². The first-order valence-corrected chi connectivity index (χ1v) is 10.6. The van der Waals surface area contributed by atoms with Crippen LogP contribution in [0.4, 0.5) is 19.0 Å². The van der Waals surface area contributed by atoms with Crippen molar-refractivity contribution in [1.29, 1.82) is 0 Å². The fourth-order valence-corrected chi connectivity index (χ4v) is 4.23. The Balaban J connectivity index is 1.60. The van der Waals surface area contributed by atoms with Gasteiger partial charge in [-0.05, 0) is 32.4 Å². The largest absolute Gasteiger partial charge is 0.416 e. The van der Waals surface area contributed by atoms with Crippen molar-refractivity contribution in [1.82, 2.24) is 34.3 Å². The normalized spacial score (nSPS) is 15.6. The van der Waals surface area contributed by atoms with Gasteiger partial charge in [0.25, 0.3) is 0 Å². The van der Waals surface area contributed by atoms with Gasteiger partial charge in [-0.2, -0.15) is 18.2 Å². The van der Waals surface area contributed by atoms with E-state index < -0.39 is 11.7 Å². The molecule has 170 valence electrons. The van der Waals surface area contributed by atoms with Crippen LogP contribution in [0.1, 0.15) is 44.6 Å². The molecule has 0 saturated heterocycles. The monoisotopic (exact) mass is 454 g/mol. The van der Waals surface area contributed by atoms with E-state index in [0.717, 1.165) is 35.9 Å². The van der Waals surface area contributed by atoms with E-state index in [1.54, 1.807) is 29.5 Å². The molecule has 0 N–H and O–H groups in total. The minimum atomic E-state index is -4.40. The number of alkyl halides is 3. The van der Waals surface area contributed by atoms with Crippen LogP contribution in [0.2, 0.25) is 0 Å². The van der Waals surface area contributed by atoms with Crippen LogP contribution in [-0.4, -0.2) is 40.3 Å². The van der Waals surface area contributed by atoms with E-state index in [-0.39, 0.29) is 12.1 Å². The van der Waals surface area contributed by atoms with Gasteiger partial charge >= 0.3 is 6.18 Å². The summed E-state index contributed by atoms with van der Waals surface area (Å²) in [6.45, 7) is 6.26. The molecule has 1 aliphatic heterocycles. The molecule has 11 heteroatoms. The zero-order chi connectivity index (χ0) is 23.3. The number of anilines is 1. The molecule has 5 rings (SSSR count). The Morgan fingerprint density at radius 2 is 1.82 bits per heavy atom. The molecule has 0 amide bonds. The quantitative estimate of drug-likeness (QED) is 0.448. The minimum absolute atomic E-state index is 0.0000736. The molecule has 0 saturated carbocycles. The van der Waals surface area contributed by atoms with Gasteiger partial charge in [0.2, 0.25) is 5.95 Å².